The van der Waals surface area contributed by atoms with Gasteiger partial charge in [-0.2, -0.15) is 0 Å². The number of thiophene rings is 1. The van der Waals surface area contributed by atoms with Gasteiger partial charge in [-0.3, -0.25) is 4.40 Å². The molecule has 72 heavy (non-hydrogen) atoms. The van der Waals surface area contributed by atoms with Crippen LogP contribution in [0.1, 0.15) is 0 Å². The van der Waals surface area contributed by atoms with Gasteiger partial charge < -0.3 is 9.80 Å². The highest BCUT2D eigenvalue weighted by atomic mass is 32.1. The highest BCUT2D eigenvalue weighted by molar-refractivity contribution is 7.26. The van der Waals surface area contributed by atoms with Crippen LogP contribution in [0.4, 0.5) is 34.1 Å². The molecule has 0 unspecified atom stereocenters. The molecule has 0 atom stereocenters. The van der Waals surface area contributed by atoms with E-state index in [1.54, 1.807) is 0 Å². The summed E-state index contributed by atoms with van der Waals surface area (Å²) in [5, 5.41) is 13.5. The maximum absolute atomic E-state index is 5.30. The molecule has 12 aromatic carbocycles. The van der Waals surface area contributed by atoms with Crippen LogP contribution in [-0.2, 0) is 0 Å². The molecule has 1 aliphatic heterocycles. The highest BCUT2D eigenvalue weighted by Crippen LogP contribution is 2.59. The van der Waals surface area contributed by atoms with Gasteiger partial charge in [0.25, 0.3) is 0 Å². The second kappa shape index (κ2) is 15.1. The van der Waals surface area contributed by atoms with Crippen molar-refractivity contribution in [2.24, 2.45) is 0 Å². The number of nitrogens with zero attached hydrogens (tertiary/aromatic N) is 4. The highest BCUT2D eigenvalue weighted by Gasteiger charge is 2.34. The number of benzene rings is 12. The number of pyridine rings is 1. The lowest BCUT2D eigenvalue weighted by Crippen LogP contribution is -2.24. The molecule has 3 aromatic heterocycles. The molecule has 0 bridgehead atoms. The monoisotopic (exact) mass is 932 g/mol. The zero-order chi connectivity index (χ0) is 47.0. The smallest absolute Gasteiger partial charge is 0.146 e. The molecule has 15 aromatic rings. The van der Waals surface area contributed by atoms with E-state index in [-0.39, 0.29) is 0 Å². The Balaban J connectivity index is 1.05. The number of aromatic nitrogens is 2. The van der Waals surface area contributed by atoms with Gasteiger partial charge in [0, 0.05) is 31.9 Å². The molecule has 4 heterocycles. The second-order valence-corrected chi connectivity index (χ2v) is 20.1. The fraction of sp³-hybridized carbons (Fsp3) is 0. The Morgan fingerprint density at radius 1 is 0.306 bits per heavy atom. The zero-order valence-corrected chi connectivity index (χ0v) is 39.6. The average Bonchev–Trinajstić information content (AvgIpc) is 4.04. The molecule has 0 radical (unpaired) electrons. The number of hydrogen-bond acceptors (Lipinski definition) is 4. The van der Waals surface area contributed by atoms with Crippen LogP contribution in [0.15, 0.2) is 243 Å². The third kappa shape index (κ3) is 5.59. The van der Waals surface area contributed by atoms with Gasteiger partial charge in [-0.05, 0) is 133 Å². The first-order valence-electron chi connectivity index (χ1n) is 24.6. The van der Waals surface area contributed by atoms with Crippen molar-refractivity contribution in [1.29, 1.82) is 0 Å². The van der Waals surface area contributed by atoms with Crippen molar-refractivity contribution >= 4 is 136 Å². The van der Waals surface area contributed by atoms with E-state index in [0.717, 1.165) is 72.7 Å². The third-order valence-electron chi connectivity index (χ3n) is 15.2. The molecule has 0 saturated heterocycles. The van der Waals surface area contributed by atoms with Crippen LogP contribution < -0.4 is 9.80 Å². The number of imidazole rings is 1. The van der Waals surface area contributed by atoms with Crippen molar-refractivity contribution in [3.8, 4) is 22.3 Å². The summed E-state index contributed by atoms with van der Waals surface area (Å²) in [6.07, 6.45) is 0. The van der Waals surface area contributed by atoms with Crippen molar-refractivity contribution in [2.75, 3.05) is 9.80 Å². The summed E-state index contributed by atoms with van der Waals surface area (Å²) in [6.45, 7) is 0. The van der Waals surface area contributed by atoms with Crippen LogP contribution in [0.5, 0.6) is 0 Å². The van der Waals surface area contributed by atoms with Crippen molar-refractivity contribution in [3.05, 3.63) is 243 Å². The van der Waals surface area contributed by atoms with Crippen molar-refractivity contribution < 1.29 is 0 Å². The van der Waals surface area contributed by atoms with Crippen LogP contribution in [0.3, 0.4) is 0 Å². The van der Waals surface area contributed by atoms with E-state index in [4.69, 9.17) is 4.98 Å². The van der Waals surface area contributed by atoms with Crippen molar-refractivity contribution in [2.45, 2.75) is 0 Å². The number of para-hydroxylation sites is 3. The van der Waals surface area contributed by atoms with Gasteiger partial charge in [-0.1, -0.05) is 170 Å². The molecule has 0 spiro atoms. The minimum Gasteiger partial charge on any atom is -0.306 e. The summed E-state index contributed by atoms with van der Waals surface area (Å²) in [4.78, 5) is 10.4. The summed E-state index contributed by atoms with van der Waals surface area (Å²) in [5.41, 5.74) is 15.6. The summed E-state index contributed by atoms with van der Waals surface area (Å²) in [5.74, 6) is 0. The first-order valence-corrected chi connectivity index (χ1v) is 25.4. The number of fused-ring (bicyclic) bond motifs is 19. The largest absolute Gasteiger partial charge is 0.306 e. The maximum atomic E-state index is 5.30. The Hall–Kier alpha value is -9.29. The molecular weight excluding hydrogens is 893 g/mol. The molecule has 1 aliphatic rings. The quantitative estimate of drug-likeness (QED) is 0.164. The molecule has 0 fully saturated rings. The lowest BCUT2D eigenvalue weighted by Gasteiger charge is -2.41. The van der Waals surface area contributed by atoms with Gasteiger partial charge in [-0.25, -0.2) is 4.98 Å². The molecule has 334 valence electrons. The van der Waals surface area contributed by atoms with Gasteiger partial charge in [0.1, 0.15) is 5.65 Å². The molecule has 0 aliphatic carbocycles. The third-order valence-corrected chi connectivity index (χ3v) is 16.4. The topological polar surface area (TPSA) is 23.8 Å². The van der Waals surface area contributed by atoms with E-state index in [1.165, 1.54) is 74.6 Å². The summed E-state index contributed by atoms with van der Waals surface area (Å²) in [6, 6.07) is 89.6. The van der Waals surface area contributed by atoms with E-state index in [1.807, 2.05) is 11.3 Å². The van der Waals surface area contributed by atoms with Crippen LogP contribution in [-0.4, -0.2) is 9.38 Å². The molecule has 0 amide bonds. The average molecular weight is 933 g/mol. The Morgan fingerprint density at radius 2 is 0.875 bits per heavy atom. The first-order chi connectivity index (χ1) is 35.7. The molecule has 5 heteroatoms. The van der Waals surface area contributed by atoms with Gasteiger partial charge in [-0.15, -0.1) is 11.3 Å². The number of rotatable bonds is 4. The van der Waals surface area contributed by atoms with E-state index >= 15 is 0 Å². The predicted octanol–water partition coefficient (Wildman–Crippen LogP) is 19.2. The van der Waals surface area contributed by atoms with E-state index in [2.05, 4.69) is 257 Å². The van der Waals surface area contributed by atoms with Crippen molar-refractivity contribution in [3.63, 3.8) is 0 Å². The second-order valence-electron chi connectivity index (χ2n) is 19.0. The summed E-state index contributed by atoms with van der Waals surface area (Å²) in [7, 11) is 0. The number of anilines is 6. The lowest BCUT2D eigenvalue weighted by molar-refractivity contribution is 1.18. The Labute approximate surface area is 418 Å². The van der Waals surface area contributed by atoms with Gasteiger partial charge in [0.2, 0.25) is 0 Å². The predicted molar refractivity (Wildman–Crippen MR) is 307 cm³/mol. The Morgan fingerprint density at radius 3 is 1.64 bits per heavy atom. The SMILES string of the molecule is c1ccc(-c2ccccc2-c2ccc3c(c2)N(c2ccc4c(c2)c2ccccc2n2c5ccccc5nc42)c2cc4c5ccccc5c5ccccc5c4cc2N3c2cccc3c2sc2ccccc23)cc1. The Bertz CT molecular complexity index is 4780. The fourth-order valence-electron chi connectivity index (χ4n) is 12.1. The van der Waals surface area contributed by atoms with Gasteiger partial charge >= 0.3 is 0 Å². The van der Waals surface area contributed by atoms with Crippen LogP contribution in [0.25, 0.3) is 113 Å². The van der Waals surface area contributed by atoms with E-state index in [0.29, 0.717) is 0 Å². The summed E-state index contributed by atoms with van der Waals surface area (Å²) >= 11 is 1.88. The Kier molecular flexibility index (Phi) is 8.30. The van der Waals surface area contributed by atoms with Gasteiger partial charge in [0.05, 0.1) is 49.7 Å². The molecule has 0 N–H and O–H groups in total. The first kappa shape index (κ1) is 39.5. The van der Waals surface area contributed by atoms with Crippen LogP contribution >= 0.6 is 11.3 Å². The normalized spacial score (nSPS) is 12.7. The molecule has 0 saturated carbocycles. The van der Waals surface area contributed by atoms with Crippen LogP contribution in [0, 0.1) is 0 Å². The minimum absolute atomic E-state index is 0.961. The summed E-state index contributed by atoms with van der Waals surface area (Å²) < 4.78 is 4.88. The van der Waals surface area contributed by atoms with E-state index in [9.17, 15) is 0 Å². The molecular formula is C67H40N4S. The van der Waals surface area contributed by atoms with Gasteiger partial charge in [0.15, 0.2) is 0 Å². The van der Waals surface area contributed by atoms with Crippen LogP contribution in [0.2, 0.25) is 0 Å². The minimum atomic E-state index is 0.961. The van der Waals surface area contributed by atoms with E-state index < -0.39 is 0 Å². The molecule has 4 nitrogen and oxygen atoms in total. The standard InChI is InChI=1S/C67H40N4S/c1-2-17-41(18-3-1)44-19-4-5-20-45(44)42-33-36-60-62(37-42)69(43-34-35-53-54(38-43)50-25-10-13-29-58(50)71-59-30-14-12-28-57(59)68-67(53)71)63-39-55-48-23-8-6-21-46(48)47-22-7-9-24-49(47)56(55)40-64(63)70(60)61-31-16-27-52-51-26-11-15-32-65(51)72-66(52)61/h1-40H. The maximum Gasteiger partial charge on any atom is 0.146 e. The zero-order valence-electron chi connectivity index (χ0n) is 38.8. The fourth-order valence-corrected chi connectivity index (χ4v) is 13.3. The molecule has 16 rings (SSSR count). The van der Waals surface area contributed by atoms with Crippen molar-refractivity contribution in [1.82, 2.24) is 9.38 Å². The lowest BCUT2D eigenvalue weighted by atomic mass is 9.91. The number of hydrogen-bond donors (Lipinski definition) is 0.